The summed E-state index contributed by atoms with van der Waals surface area (Å²) in [6.45, 7) is 0. The topological polar surface area (TPSA) is 29.1 Å². The van der Waals surface area contributed by atoms with Crippen LogP contribution in [0.4, 0.5) is 0 Å². The Morgan fingerprint density at radius 2 is 2.06 bits per heavy atom. The number of rotatable bonds is 2. The van der Waals surface area contributed by atoms with Crippen LogP contribution >= 0.6 is 11.6 Å². The first-order chi connectivity index (χ1) is 8.24. The third-order valence-corrected chi connectivity index (χ3v) is 4.50. The van der Waals surface area contributed by atoms with Crippen molar-refractivity contribution >= 4 is 17.5 Å². The molecule has 90 valence electrons. The van der Waals surface area contributed by atoms with Crippen LogP contribution in [0.5, 0.6) is 0 Å². The molecule has 2 fully saturated rings. The van der Waals surface area contributed by atoms with Crippen molar-refractivity contribution in [2.75, 3.05) is 0 Å². The van der Waals surface area contributed by atoms with Crippen LogP contribution in [-0.2, 0) is 0 Å². The molecule has 2 nitrogen and oxygen atoms in total. The maximum absolute atomic E-state index is 12.1. The van der Waals surface area contributed by atoms with Gasteiger partial charge in [0.2, 0.25) is 0 Å². The van der Waals surface area contributed by atoms with Gasteiger partial charge in [-0.3, -0.25) is 4.79 Å². The van der Waals surface area contributed by atoms with Crippen molar-refractivity contribution in [1.29, 1.82) is 0 Å². The molecule has 0 radical (unpaired) electrons. The number of nitrogens with one attached hydrogen (secondary N) is 1. The maximum Gasteiger partial charge on any atom is 0.253 e. The van der Waals surface area contributed by atoms with Crippen molar-refractivity contribution in [3.05, 3.63) is 34.9 Å². The van der Waals surface area contributed by atoms with Gasteiger partial charge in [-0.2, -0.15) is 0 Å². The van der Waals surface area contributed by atoms with E-state index in [9.17, 15) is 4.79 Å². The first kappa shape index (κ1) is 11.1. The lowest BCUT2D eigenvalue weighted by atomic mass is 9.95. The van der Waals surface area contributed by atoms with Gasteiger partial charge >= 0.3 is 0 Å². The molecule has 1 N–H and O–H groups in total. The molecule has 0 aliphatic heterocycles. The summed E-state index contributed by atoms with van der Waals surface area (Å²) in [4.78, 5) is 12.1. The highest BCUT2D eigenvalue weighted by atomic mass is 35.5. The summed E-state index contributed by atoms with van der Waals surface area (Å²) in [5.41, 5.74) is 0.594. The van der Waals surface area contributed by atoms with Crippen LogP contribution in [0.25, 0.3) is 0 Å². The zero-order valence-corrected chi connectivity index (χ0v) is 10.4. The molecule has 2 aliphatic carbocycles. The van der Waals surface area contributed by atoms with Crippen LogP contribution in [0.3, 0.4) is 0 Å². The molecule has 2 bridgehead atoms. The maximum atomic E-state index is 12.1. The van der Waals surface area contributed by atoms with E-state index in [0.29, 0.717) is 22.5 Å². The molecule has 1 aromatic rings. The number of benzene rings is 1. The molecule has 0 heterocycles. The summed E-state index contributed by atoms with van der Waals surface area (Å²) in [6.07, 6.45) is 5.08. The van der Waals surface area contributed by atoms with Crippen molar-refractivity contribution in [2.24, 2.45) is 11.8 Å². The summed E-state index contributed by atoms with van der Waals surface area (Å²) in [5.74, 6) is 1.52. The Kier molecular flexibility index (Phi) is 2.83. The molecule has 2 saturated carbocycles. The average molecular weight is 250 g/mol. The second-order valence-corrected chi connectivity index (χ2v) is 5.64. The van der Waals surface area contributed by atoms with E-state index in [1.807, 2.05) is 12.1 Å². The Balaban J connectivity index is 1.70. The summed E-state index contributed by atoms with van der Waals surface area (Å²) >= 11 is 6.02. The Labute approximate surface area is 106 Å². The lowest BCUT2D eigenvalue weighted by Gasteiger charge is -2.23. The number of hydrogen-bond acceptors (Lipinski definition) is 1. The minimum Gasteiger partial charge on any atom is -0.349 e. The van der Waals surface area contributed by atoms with Crippen LogP contribution in [0.2, 0.25) is 5.02 Å². The first-order valence-electron chi connectivity index (χ1n) is 6.29. The molecule has 3 rings (SSSR count). The fourth-order valence-corrected chi connectivity index (χ4v) is 3.53. The second-order valence-electron chi connectivity index (χ2n) is 5.23. The first-order valence-corrected chi connectivity index (χ1v) is 6.67. The van der Waals surface area contributed by atoms with E-state index >= 15 is 0 Å². The lowest BCUT2D eigenvalue weighted by molar-refractivity contribution is 0.0923. The van der Waals surface area contributed by atoms with Crippen molar-refractivity contribution in [1.82, 2.24) is 5.32 Å². The fraction of sp³-hybridized carbons (Fsp3) is 0.500. The van der Waals surface area contributed by atoms with E-state index in [2.05, 4.69) is 5.32 Å². The monoisotopic (exact) mass is 249 g/mol. The molecule has 3 heteroatoms. The van der Waals surface area contributed by atoms with Crippen LogP contribution in [0, 0.1) is 11.8 Å². The van der Waals surface area contributed by atoms with E-state index in [1.165, 1.54) is 19.3 Å². The number of carbonyl (C=O) groups excluding carboxylic acids is 1. The highest BCUT2D eigenvalue weighted by Gasteiger charge is 2.40. The van der Waals surface area contributed by atoms with Gasteiger partial charge in [0.15, 0.2) is 0 Å². The van der Waals surface area contributed by atoms with Gasteiger partial charge in [-0.15, -0.1) is 0 Å². The largest absolute Gasteiger partial charge is 0.349 e. The van der Waals surface area contributed by atoms with E-state index in [4.69, 9.17) is 11.6 Å². The van der Waals surface area contributed by atoms with E-state index in [1.54, 1.807) is 12.1 Å². The van der Waals surface area contributed by atoms with E-state index in [-0.39, 0.29) is 5.91 Å². The molecular weight excluding hydrogens is 234 g/mol. The molecule has 17 heavy (non-hydrogen) atoms. The van der Waals surface area contributed by atoms with Gasteiger partial charge < -0.3 is 5.32 Å². The summed E-state index contributed by atoms with van der Waals surface area (Å²) in [7, 11) is 0. The van der Waals surface area contributed by atoms with Crippen molar-refractivity contribution in [2.45, 2.75) is 31.7 Å². The van der Waals surface area contributed by atoms with Crippen molar-refractivity contribution in [3.8, 4) is 0 Å². The quantitative estimate of drug-likeness (QED) is 0.857. The Morgan fingerprint density at radius 1 is 1.24 bits per heavy atom. The molecular formula is C14H16ClNO. The zero-order chi connectivity index (χ0) is 11.8. The summed E-state index contributed by atoms with van der Waals surface area (Å²) in [6, 6.07) is 7.61. The zero-order valence-electron chi connectivity index (χ0n) is 9.66. The van der Waals surface area contributed by atoms with Gasteiger partial charge in [-0.1, -0.05) is 30.2 Å². The van der Waals surface area contributed by atoms with Gasteiger partial charge in [-0.25, -0.2) is 0 Å². The van der Waals surface area contributed by atoms with Crippen molar-refractivity contribution in [3.63, 3.8) is 0 Å². The van der Waals surface area contributed by atoms with E-state index < -0.39 is 0 Å². The van der Waals surface area contributed by atoms with Crippen LogP contribution in [-0.4, -0.2) is 11.9 Å². The Bertz CT molecular complexity index is 446. The average Bonchev–Trinajstić information content (AvgIpc) is 2.91. The molecule has 0 spiro atoms. The molecule has 0 saturated heterocycles. The van der Waals surface area contributed by atoms with Crippen LogP contribution in [0.15, 0.2) is 24.3 Å². The predicted octanol–water partition coefficient (Wildman–Crippen LogP) is 3.26. The highest BCUT2D eigenvalue weighted by molar-refractivity contribution is 6.33. The lowest BCUT2D eigenvalue weighted by Crippen LogP contribution is -2.38. The second kappa shape index (κ2) is 4.34. The Morgan fingerprint density at radius 3 is 2.71 bits per heavy atom. The SMILES string of the molecule is O=C(NC1CC2CCC1C2)c1ccccc1Cl. The van der Waals surface area contributed by atoms with Gasteiger partial charge in [0.25, 0.3) is 5.91 Å². The smallest absolute Gasteiger partial charge is 0.253 e. The number of hydrogen-bond donors (Lipinski definition) is 1. The molecule has 1 amide bonds. The minimum atomic E-state index is -0.0202. The van der Waals surface area contributed by atoms with Crippen molar-refractivity contribution < 1.29 is 4.79 Å². The summed E-state index contributed by atoms with van der Waals surface area (Å²) < 4.78 is 0. The minimum absolute atomic E-state index is 0.0202. The van der Waals surface area contributed by atoms with Crippen LogP contribution < -0.4 is 5.32 Å². The number of carbonyl (C=O) groups is 1. The number of fused-ring (bicyclic) bond motifs is 2. The number of halogens is 1. The predicted molar refractivity (Wildman–Crippen MR) is 68.2 cm³/mol. The molecule has 1 aromatic carbocycles. The third-order valence-electron chi connectivity index (χ3n) is 4.17. The Hall–Kier alpha value is -1.02. The van der Waals surface area contributed by atoms with Gasteiger partial charge in [0.05, 0.1) is 10.6 Å². The fourth-order valence-electron chi connectivity index (χ4n) is 3.31. The molecule has 3 unspecified atom stereocenters. The molecule has 3 atom stereocenters. The van der Waals surface area contributed by atoms with Crippen LogP contribution in [0.1, 0.15) is 36.0 Å². The van der Waals surface area contributed by atoms with Gasteiger partial charge in [0, 0.05) is 6.04 Å². The molecule has 2 aliphatic rings. The molecule has 0 aromatic heterocycles. The standard InChI is InChI=1S/C14H16ClNO/c15-12-4-2-1-3-11(12)14(17)16-13-8-9-5-6-10(13)7-9/h1-4,9-10,13H,5-8H2,(H,16,17). The van der Waals surface area contributed by atoms with Gasteiger partial charge in [0.1, 0.15) is 0 Å². The number of amides is 1. The van der Waals surface area contributed by atoms with Gasteiger partial charge in [-0.05, 0) is 43.2 Å². The normalized spacial score (nSPS) is 30.5. The van der Waals surface area contributed by atoms with E-state index in [0.717, 1.165) is 12.3 Å². The summed E-state index contributed by atoms with van der Waals surface area (Å²) in [5, 5.41) is 3.68. The highest BCUT2D eigenvalue weighted by Crippen LogP contribution is 2.44. The third kappa shape index (κ3) is 2.06.